The molecule has 0 unspecified atom stereocenters. The zero-order valence-electron chi connectivity index (χ0n) is 14.3. The monoisotopic (exact) mass is 368 g/mol. The van der Waals surface area contributed by atoms with E-state index in [0.29, 0.717) is 11.5 Å². The Morgan fingerprint density at radius 1 is 1.40 bits per heavy atom. The minimum absolute atomic E-state index is 0.251. The Bertz CT molecular complexity index is 902. The average Bonchev–Trinajstić information content (AvgIpc) is 3.06. The number of hydrogen-bond donors (Lipinski definition) is 2. The molecule has 0 spiro atoms. The van der Waals surface area contributed by atoms with E-state index in [9.17, 15) is 13.2 Å². The van der Waals surface area contributed by atoms with Crippen molar-refractivity contribution in [3.63, 3.8) is 0 Å². The van der Waals surface area contributed by atoms with Gasteiger partial charge in [-0.15, -0.1) is 0 Å². The van der Waals surface area contributed by atoms with Crippen LogP contribution in [-0.4, -0.2) is 46.7 Å². The predicted octanol–water partition coefficient (Wildman–Crippen LogP) is 0.243. The van der Waals surface area contributed by atoms with E-state index in [0.717, 1.165) is 9.87 Å². The highest BCUT2D eigenvalue weighted by atomic mass is 32.2. The van der Waals surface area contributed by atoms with Crippen LogP contribution in [0.25, 0.3) is 0 Å². The van der Waals surface area contributed by atoms with E-state index in [2.05, 4.69) is 20.3 Å². The summed E-state index contributed by atoms with van der Waals surface area (Å²) >= 11 is 0. The molecule has 1 amide bonds. The largest absolute Gasteiger partial charge is 0.360 e. The third kappa shape index (κ3) is 3.43. The fourth-order valence-electron chi connectivity index (χ4n) is 2.91. The molecule has 0 saturated carbocycles. The second kappa shape index (κ2) is 6.24. The van der Waals surface area contributed by atoms with Crippen molar-refractivity contribution in [1.82, 2.24) is 24.0 Å². The fraction of sp³-hybridized carbons (Fsp3) is 0.500. The van der Waals surface area contributed by atoms with Gasteiger partial charge in [-0.25, -0.2) is 0 Å². The van der Waals surface area contributed by atoms with Gasteiger partial charge in [-0.1, -0.05) is 5.16 Å². The van der Waals surface area contributed by atoms with Crippen LogP contribution in [0.2, 0.25) is 0 Å². The van der Waals surface area contributed by atoms with Crippen LogP contribution in [0.3, 0.4) is 0 Å². The number of hydrogen-bond acceptors (Lipinski definition) is 6. The molecule has 10 nitrogen and oxygen atoms in total. The predicted molar refractivity (Wildman–Crippen MR) is 88.8 cm³/mol. The van der Waals surface area contributed by atoms with Crippen molar-refractivity contribution in [3.8, 4) is 0 Å². The standard InChI is InChI=1S/C14H20N6O4S/c1-8-5-13(17-24-8)15-14(21)12-6-11(18-25(22,23)20(12)4)10-7-19(3)16-9(10)2/h5,7,11-12,18H,6H2,1-4H3,(H,15,17,21)/t11-,12-/m0/s1. The molecular weight excluding hydrogens is 348 g/mol. The Balaban J connectivity index is 1.86. The van der Waals surface area contributed by atoms with E-state index in [1.165, 1.54) is 7.05 Å². The van der Waals surface area contributed by atoms with Gasteiger partial charge in [0.05, 0.1) is 11.7 Å². The summed E-state index contributed by atoms with van der Waals surface area (Å²) in [5, 5.41) is 10.5. The van der Waals surface area contributed by atoms with Gasteiger partial charge in [0, 0.05) is 31.9 Å². The first-order valence-corrected chi connectivity index (χ1v) is 9.11. The molecule has 2 aromatic heterocycles. The summed E-state index contributed by atoms with van der Waals surface area (Å²) in [6, 6.07) is 0.147. The molecular formula is C14H20N6O4S. The lowest BCUT2D eigenvalue weighted by molar-refractivity contribution is -0.120. The maximum atomic E-state index is 12.6. The summed E-state index contributed by atoms with van der Waals surface area (Å²) < 4.78 is 35.0. The molecule has 136 valence electrons. The lowest BCUT2D eigenvalue weighted by Gasteiger charge is -2.35. The molecule has 0 aromatic carbocycles. The van der Waals surface area contributed by atoms with Crippen molar-refractivity contribution in [1.29, 1.82) is 0 Å². The van der Waals surface area contributed by atoms with E-state index in [1.807, 2.05) is 0 Å². The molecule has 2 atom stereocenters. The van der Waals surface area contributed by atoms with Crippen molar-refractivity contribution >= 4 is 21.9 Å². The zero-order valence-corrected chi connectivity index (χ0v) is 15.2. The van der Waals surface area contributed by atoms with Crippen LogP contribution in [0.1, 0.15) is 29.5 Å². The Kier molecular flexibility index (Phi) is 4.39. The highest BCUT2D eigenvalue weighted by Crippen LogP contribution is 2.29. The smallest absolute Gasteiger partial charge is 0.280 e. The van der Waals surface area contributed by atoms with E-state index in [4.69, 9.17) is 4.52 Å². The van der Waals surface area contributed by atoms with Gasteiger partial charge in [0.15, 0.2) is 5.82 Å². The number of rotatable bonds is 3. The maximum Gasteiger partial charge on any atom is 0.280 e. The van der Waals surface area contributed by atoms with Crippen molar-refractivity contribution in [3.05, 3.63) is 29.3 Å². The van der Waals surface area contributed by atoms with E-state index in [-0.39, 0.29) is 12.2 Å². The summed E-state index contributed by atoms with van der Waals surface area (Å²) in [6.07, 6.45) is 2.02. The van der Waals surface area contributed by atoms with Crippen LogP contribution in [0.15, 0.2) is 16.8 Å². The summed E-state index contributed by atoms with van der Waals surface area (Å²) in [5.74, 6) is 0.332. The SMILES string of the molecule is Cc1cc(NC(=O)[C@@H]2C[C@@H](c3cn(C)nc3C)NS(=O)(=O)N2C)no1. The molecule has 25 heavy (non-hydrogen) atoms. The topological polar surface area (TPSA) is 122 Å². The first kappa shape index (κ1) is 17.6. The summed E-state index contributed by atoms with van der Waals surface area (Å²) in [4.78, 5) is 12.6. The maximum absolute atomic E-state index is 12.6. The van der Waals surface area contributed by atoms with E-state index in [1.54, 1.807) is 37.8 Å². The van der Waals surface area contributed by atoms with Crippen molar-refractivity contribution < 1.29 is 17.7 Å². The molecule has 11 heteroatoms. The van der Waals surface area contributed by atoms with Crippen LogP contribution in [0.5, 0.6) is 0 Å². The van der Waals surface area contributed by atoms with Gasteiger partial charge < -0.3 is 9.84 Å². The van der Waals surface area contributed by atoms with Gasteiger partial charge in [0.1, 0.15) is 11.8 Å². The first-order valence-electron chi connectivity index (χ1n) is 7.67. The molecule has 3 rings (SSSR count). The lowest BCUT2D eigenvalue weighted by atomic mass is 10.00. The molecule has 1 saturated heterocycles. The summed E-state index contributed by atoms with van der Waals surface area (Å²) in [6.45, 7) is 3.50. The normalized spacial score (nSPS) is 23.5. The second-order valence-electron chi connectivity index (χ2n) is 6.10. The van der Waals surface area contributed by atoms with Crippen LogP contribution >= 0.6 is 0 Å². The number of nitrogens with one attached hydrogen (secondary N) is 2. The average molecular weight is 368 g/mol. The molecule has 2 N–H and O–H groups in total. The number of aromatic nitrogens is 3. The van der Waals surface area contributed by atoms with Crippen LogP contribution < -0.4 is 10.0 Å². The van der Waals surface area contributed by atoms with Gasteiger partial charge >= 0.3 is 0 Å². The van der Waals surface area contributed by atoms with Crippen molar-refractivity contribution in [2.75, 3.05) is 12.4 Å². The van der Waals surface area contributed by atoms with Crippen LogP contribution in [-0.2, 0) is 22.1 Å². The summed E-state index contributed by atoms with van der Waals surface area (Å²) in [7, 11) is -0.677. The van der Waals surface area contributed by atoms with Crippen molar-refractivity contribution in [2.45, 2.75) is 32.4 Å². The zero-order chi connectivity index (χ0) is 18.4. The number of carbonyl (C=O) groups is 1. The molecule has 0 radical (unpaired) electrons. The number of nitrogens with zero attached hydrogens (tertiary/aromatic N) is 4. The van der Waals surface area contributed by atoms with Gasteiger partial charge in [0.2, 0.25) is 5.91 Å². The Hall–Kier alpha value is -2.24. The third-order valence-corrected chi connectivity index (χ3v) is 5.77. The highest BCUT2D eigenvalue weighted by molar-refractivity contribution is 7.87. The number of aryl methyl sites for hydroxylation is 3. The van der Waals surface area contributed by atoms with Crippen LogP contribution in [0, 0.1) is 13.8 Å². The second-order valence-corrected chi connectivity index (χ2v) is 7.86. The fourth-order valence-corrected chi connectivity index (χ4v) is 4.17. The third-order valence-electron chi connectivity index (χ3n) is 4.18. The highest BCUT2D eigenvalue weighted by Gasteiger charge is 2.41. The number of carbonyl (C=O) groups excluding carboxylic acids is 1. The van der Waals surface area contributed by atoms with Gasteiger partial charge in [-0.05, 0) is 20.3 Å². The number of likely N-dealkylation sites (N-methyl/N-ethyl adjacent to an activating group) is 1. The van der Waals surface area contributed by atoms with E-state index >= 15 is 0 Å². The molecule has 3 heterocycles. The quantitative estimate of drug-likeness (QED) is 0.800. The number of amides is 1. The van der Waals surface area contributed by atoms with Gasteiger partial charge in [-0.2, -0.15) is 22.5 Å². The summed E-state index contributed by atoms with van der Waals surface area (Å²) in [5.41, 5.74) is 1.46. The van der Waals surface area contributed by atoms with Gasteiger partial charge in [0.25, 0.3) is 10.2 Å². The van der Waals surface area contributed by atoms with Crippen LogP contribution in [0.4, 0.5) is 5.82 Å². The number of anilines is 1. The molecule has 0 bridgehead atoms. The van der Waals surface area contributed by atoms with Gasteiger partial charge in [-0.3, -0.25) is 9.48 Å². The van der Waals surface area contributed by atoms with Crippen molar-refractivity contribution in [2.24, 2.45) is 7.05 Å². The first-order chi connectivity index (χ1) is 11.7. The molecule has 1 aliphatic rings. The van der Waals surface area contributed by atoms with E-state index < -0.39 is 28.2 Å². The molecule has 0 aliphatic carbocycles. The Labute approximate surface area is 145 Å². The minimum Gasteiger partial charge on any atom is -0.360 e. The Morgan fingerprint density at radius 3 is 2.68 bits per heavy atom. The minimum atomic E-state index is -3.81. The molecule has 1 aliphatic heterocycles. The molecule has 1 fully saturated rings. The Morgan fingerprint density at radius 2 is 2.12 bits per heavy atom. The lowest BCUT2D eigenvalue weighted by Crippen LogP contribution is -2.56. The molecule has 2 aromatic rings.